The van der Waals surface area contributed by atoms with Gasteiger partial charge in [-0.05, 0) is 19.8 Å². The van der Waals surface area contributed by atoms with E-state index in [1.807, 2.05) is 0 Å². The number of carbonyl (C=O) groups is 2. The fourth-order valence-corrected chi connectivity index (χ4v) is 1.35. The number of hydrogen-bond donors (Lipinski definition) is 2. The van der Waals surface area contributed by atoms with Crippen molar-refractivity contribution in [3.63, 3.8) is 0 Å². The van der Waals surface area contributed by atoms with E-state index in [0.29, 0.717) is 6.42 Å². The molecule has 0 aromatic carbocycles. The number of allylic oxidation sites excluding steroid dienone is 1. The van der Waals surface area contributed by atoms with Crippen LogP contribution in [0.2, 0.25) is 0 Å². The highest BCUT2D eigenvalue weighted by Gasteiger charge is 2.39. The third-order valence-electron chi connectivity index (χ3n) is 2.13. The summed E-state index contributed by atoms with van der Waals surface area (Å²) in [6.45, 7) is 6.21. The zero-order chi connectivity index (χ0) is 12.6. The van der Waals surface area contributed by atoms with E-state index in [2.05, 4.69) is 11.9 Å². The molecule has 0 saturated heterocycles. The Balaban J connectivity index is 4.84. The number of esters is 1. The van der Waals surface area contributed by atoms with Crippen LogP contribution in [0.5, 0.6) is 0 Å². The minimum Gasteiger partial charge on any atom is -0.464 e. The summed E-state index contributed by atoms with van der Waals surface area (Å²) in [5.74, 6) is -0.999. The first-order chi connectivity index (χ1) is 7.52. The summed E-state index contributed by atoms with van der Waals surface area (Å²) in [5, 5.41) is 11.8. The van der Waals surface area contributed by atoms with Gasteiger partial charge in [0.1, 0.15) is 0 Å². The minimum atomic E-state index is -1.35. The van der Waals surface area contributed by atoms with Crippen LogP contribution in [0, 0.1) is 0 Å². The summed E-state index contributed by atoms with van der Waals surface area (Å²) in [5.41, 5.74) is -1.35. The molecular weight excluding hydrogens is 210 g/mol. The van der Waals surface area contributed by atoms with Gasteiger partial charge in [0.15, 0.2) is 5.54 Å². The molecule has 0 rings (SSSR count). The monoisotopic (exact) mass is 229 g/mol. The number of hydrogen-bond acceptors (Lipinski definition) is 4. The van der Waals surface area contributed by atoms with E-state index in [1.54, 1.807) is 13.0 Å². The lowest BCUT2D eigenvalue weighted by molar-refractivity contribution is -0.155. The van der Waals surface area contributed by atoms with Gasteiger partial charge in [0, 0.05) is 6.92 Å². The number of aliphatic hydroxyl groups excluding tert-OH is 1. The quantitative estimate of drug-likeness (QED) is 0.489. The SMILES string of the molecule is C=CCCC(CO)(NC(C)=O)C(=O)OCC. The second-order valence-corrected chi connectivity index (χ2v) is 3.47. The third kappa shape index (κ3) is 4.02. The van der Waals surface area contributed by atoms with Crippen LogP contribution in [0.4, 0.5) is 0 Å². The zero-order valence-corrected chi connectivity index (χ0v) is 9.78. The Hall–Kier alpha value is -1.36. The van der Waals surface area contributed by atoms with E-state index in [9.17, 15) is 14.7 Å². The maximum Gasteiger partial charge on any atom is 0.334 e. The van der Waals surface area contributed by atoms with Gasteiger partial charge >= 0.3 is 5.97 Å². The van der Waals surface area contributed by atoms with Crippen molar-refractivity contribution in [1.82, 2.24) is 5.32 Å². The Bertz CT molecular complexity index is 265. The van der Waals surface area contributed by atoms with E-state index < -0.39 is 18.1 Å². The van der Waals surface area contributed by atoms with E-state index in [1.165, 1.54) is 6.92 Å². The average Bonchev–Trinajstić information content (AvgIpc) is 2.24. The topological polar surface area (TPSA) is 75.6 Å². The van der Waals surface area contributed by atoms with Crippen molar-refractivity contribution in [1.29, 1.82) is 0 Å². The highest BCUT2D eigenvalue weighted by Crippen LogP contribution is 2.15. The Kier molecular flexibility index (Phi) is 6.41. The van der Waals surface area contributed by atoms with Gasteiger partial charge in [-0.1, -0.05) is 6.08 Å². The predicted molar refractivity (Wildman–Crippen MR) is 59.7 cm³/mol. The normalized spacial score (nSPS) is 13.7. The Labute approximate surface area is 95.5 Å². The number of aliphatic hydroxyl groups is 1. The van der Waals surface area contributed by atoms with Gasteiger partial charge in [-0.3, -0.25) is 4.79 Å². The maximum atomic E-state index is 11.7. The van der Waals surface area contributed by atoms with Gasteiger partial charge in [0.05, 0.1) is 13.2 Å². The Morgan fingerprint density at radius 3 is 2.56 bits per heavy atom. The fraction of sp³-hybridized carbons (Fsp3) is 0.636. The minimum absolute atomic E-state index is 0.203. The molecule has 0 fully saturated rings. The molecule has 0 aromatic rings. The van der Waals surface area contributed by atoms with Crippen molar-refractivity contribution in [3.05, 3.63) is 12.7 Å². The van der Waals surface area contributed by atoms with Crippen LogP contribution in [-0.4, -0.2) is 35.7 Å². The van der Waals surface area contributed by atoms with Crippen LogP contribution in [0.1, 0.15) is 26.7 Å². The van der Waals surface area contributed by atoms with Gasteiger partial charge in [-0.25, -0.2) is 4.79 Å². The number of rotatable bonds is 7. The molecule has 2 N–H and O–H groups in total. The lowest BCUT2D eigenvalue weighted by atomic mass is 9.94. The molecule has 5 heteroatoms. The molecule has 0 heterocycles. The second kappa shape index (κ2) is 7.00. The van der Waals surface area contributed by atoms with Crippen LogP contribution in [0.25, 0.3) is 0 Å². The molecule has 0 spiro atoms. The molecule has 1 atom stereocenters. The lowest BCUT2D eigenvalue weighted by Crippen LogP contribution is -2.57. The second-order valence-electron chi connectivity index (χ2n) is 3.47. The average molecular weight is 229 g/mol. The van der Waals surface area contributed by atoms with E-state index in [-0.39, 0.29) is 18.9 Å². The van der Waals surface area contributed by atoms with Crippen molar-refractivity contribution >= 4 is 11.9 Å². The lowest BCUT2D eigenvalue weighted by Gasteiger charge is -2.29. The highest BCUT2D eigenvalue weighted by atomic mass is 16.5. The van der Waals surface area contributed by atoms with Crippen LogP contribution in [0.3, 0.4) is 0 Å². The summed E-state index contributed by atoms with van der Waals surface area (Å²) in [6.07, 6.45) is 2.39. The molecule has 5 nitrogen and oxygen atoms in total. The van der Waals surface area contributed by atoms with Gasteiger partial charge in [-0.2, -0.15) is 0 Å². The Morgan fingerprint density at radius 1 is 1.56 bits per heavy atom. The molecule has 92 valence electrons. The van der Waals surface area contributed by atoms with Gasteiger partial charge < -0.3 is 15.2 Å². The number of carbonyl (C=O) groups excluding carboxylic acids is 2. The van der Waals surface area contributed by atoms with Crippen molar-refractivity contribution in [2.45, 2.75) is 32.2 Å². The summed E-state index contributed by atoms with van der Waals surface area (Å²) < 4.78 is 4.85. The van der Waals surface area contributed by atoms with Crippen molar-refractivity contribution in [2.24, 2.45) is 0 Å². The van der Waals surface area contributed by atoms with Gasteiger partial charge in [0.2, 0.25) is 5.91 Å². The van der Waals surface area contributed by atoms with Crippen molar-refractivity contribution < 1.29 is 19.4 Å². The smallest absolute Gasteiger partial charge is 0.334 e. The summed E-state index contributed by atoms with van der Waals surface area (Å²) in [7, 11) is 0. The molecule has 0 aromatic heterocycles. The molecule has 1 amide bonds. The van der Waals surface area contributed by atoms with Crippen LogP contribution in [0.15, 0.2) is 12.7 Å². The first-order valence-corrected chi connectivity index (χ1v) is 5.20. The number of ether oxygens (including phenoxy) is 1. The van der Waals surface area contributed by atoms with E-state index in [4.69, 9.17) is 4.74 Å². The maximum absolute atomic E-state index is 11.7. The molecule has 16 heavy (non-hydrogen) atoms. The van der Waals surface area contributed by atoms with Gasteiger partial charge in [0.25, 0.3) is 0 Å². The number of nitrogens with one attached hydrogen (secondary N) is 1. The molecule has 1 unspecified atom stereocenters. The first-order valence-electron chi connectivity index (χ1n) is 5.20. The molecule has 0 saturated carbocycles. The molecule has 0 aliphatic heterocycles. The highest BCUT2D eigenvalue weighted by molar-refractivity contribution is 5.87. The van der Waals surface area contributed by atoms with Crippen LogP contribution >= 0.6 is 0 Å². The fourth-order valence-electron chi connectivity index (χ4n) is 1.35. The van der Waals surface area contributed by atoms with Gasteiger partial charge in [-0.15, -0.1) is 6.58 Å². The van der Waals surface area contributed by atoms with Crippen molar-refractivity contribution in [2.75, 3.05) is 13.2 Å². The summed E-state index contributed by atoms with van der Waals surface area (Å²) >= 11 is 0. The molecule has 0 aliphatic carbocycles. The van der Waals surface area contributed by atoms with Crippen molar-refractivity contribution in [3.8, 4) is 0 Å². The first kappa shape index (κ1) is 14.6. The standard InChI is InChI=1S/C11H19NO4/c1-4-6-7-11(8-13,12-9(3)14)10(15)16-5-2/h4,13H,1,5-8H2,2-3H3,(H,12,14). The molecule has 0 radical (unpaired) electrons. The molecular formula is C11H19NO4. The van der Waals surface area contributed by atoms with E-state index in [0.717, 1.165) is 0 Å². The number of amides is 1. The van der Waals surface area contributed by atoms with Crippen LogP contribution < -0.4 is 5.32 Å². The van der Waals surface area contributed by atoms with Crippen LogP contribution in [-0.2, 0) is 14.3 Å². The summed E-state index contributed by atoms with van der Waals surface area (Å²) in [6, 6.07) is 0. The molecule has 0 aliphatic rings. The van der Waals surface area contributed by atoms with E-state index >= 15 is 0 Å². The molecule has 0 bridgehead atoms. The largest absolute Gasteiger partial charge is 0.464 e. The Morgan fingerprint density at radius 2 is 2.19 bits per heavy atom. The zero-order valence-electron chi connectivity index (χ0n) is 9.78. The predicted octanol–water partition coefficient (Wildman–Crippen LogP) is 0.383. The summed E-state index contributed by atoms with van der Waals surface area (Å²) in [4.78, 5) is 22.7. The third-order valence-corrected chi connectivity index (χ3v) is 2.13.